The minimum Gasteiger partial charge on any atom is -0.507 e. The molecule has 0 atom stereocenters. The van der Waals surface area contributed by atoms with Crippen molar-refractivity contribution in [3.63, 3.8) is 0 Å². The summed E-state index contributed by atoms with van der Waals surface area (Å²) in [6, 6.07) is 3.50. The highest BCUT2D eigenvalue weighted by Gasteiger charge is 2.22. The van der Waals surface area contributed by atoms with Crippen molar-refractivity contribution in [3.8, 4) is 5.75 Å². The molecule has 1 N–H and O–H groups in total. The van der Waals surface area contributed by atoms with Crippen molar-refractivity contribution in [1.82, 2.24) is 4.90 Å². The van der Waals surface area contributed by atoms with Crippen LogP contribution in [0.2, 0.25) is 0 Å². The number of carbonyl (C=O) groups excluding carboxylic acids is 1. The molecule has 0 bridgehead atoms. The lowest BCUT2D eigenvalue weighted by molar-refractivity contribution is 0.0890. The zero-order chi connectivity index (χ0) is 14.5. The lowest BCUT2D eigenvalue weighted by Crippen LogP contribution is -2.37. The third-order valence-corrected chi connectivity index (χ3v) is 4.03. The summed E-state index contributed by atoms with van der Waals surface area (Å²) < 4.78 is 13.1. The third-order valence-electron chi connectivity index (χ3n) is 4.03. The van der Waals surface area contributed by atoms with E-state index in [1.807, 2.05) is 0 Å². The Balaban J connectivity index is 1.91. The normalized spacial score (nSPS) is 17.3. The summed E-state index contributed by atoms with van der Waals surface area (Å²) in [4.78, 5) is 14.2. The number of nitrogens with zero attached hydrogens (tertiary/aromatic N) is 1. The lowest BCUT2D eigenvalue weighted by atomic mass is 9.92. The Kier molecular flexibility index (Phi) is 5.12. The Bertz CT molecular complexity index is 468. The van der Waals surface area contributed by atoms with Gasteiger partial charge in [0.05, 0.1) is 12.1 Å². The molecule has 0 saturated carbocycles. The predicted octanol–water partition coefficient (Wildman–Crippen LogP) is 3.23. The van der Waals surface area contributed by atoms with Gasteiger partial charge in [-0.2, -0.15) is 0 Å². The van der Waals surface area contributed by atoms with Crippen molar-refractivity contribution in [1.29, 1.82) is 0 Å². The Morgan fingerprint density at radius 1 is 1.40 bits per heavy atom. The molecule has 2 rings (SSSR count). The molecule has 0 aromatic heterocycles. The summed E-state index contributed by atoms with van der Waals surface area (Å²) in [5.41, 5.74) is 0.0840. The van der Waals surface area contributed by atoms with Crippen LogP contribution in [-0.2, 0) is 0 Å². The van der Waals surface area contributed by atoms with Gasteiger partial charge in [-0.1, -0.05) is 19.8 Å². The van der Waals surface area contributed by atoms with Crippen LogP contribution < -0.4 is 0 Å². The highest BCUT2D eigenvalue weighted by atomic mass is 19.1. The van der Waals surface area contributed by atoms with Gasteiger partial charge in [0, 0.05) is 0 Å². The van der Waals surface area contributed by atoms with Crippen molar-refractivity contribution in [2.75, 3.05) is 19.6 Å². The molecule has 20 heavy (non-hydrogen) atoms. The monoisotopic (exact) mass is 279 g/mol. The molecule has 0 amide bonds. The molecule has 0 radical (unpaired) electrons. The number of rotatable bonds is 5. The van der Waals surface area contributed by atoms with Gasteiger partial charge in [0.25, 0.3) is 0 Å². The van der Waals surface area contributed by atoms with Crippen molar-refractivity contribution in [3.05, 3.63) is 29.6 Å². The van der Waals surface area contributed by atoms with E-state index in [1.54, 1.807) is 0 Å². The molecule has 4 heteroatoms. The molecule has 1 heterocycles. The minimum atomic E-state index is -0.493. The van der Waals surface area contributed by atoms with Crippen LogP contribution in [0.25, 0.3) is 0 Å². The summed E-state index contributed by atoms with van der Waals surface area (Å²) in [6.45, 7) is 4.28. The maximum absolute atomic E-state index is 13.1. The minimum absolute atomic E-state index is 0.0840. The Morgan fingerprint density at radius 3 is 2.75 bits per heavy atom. The van der Waals surface area contributed by atoms with Crippen LogP contribution in [0.4, 0.5) is 4.39 Å². The standard InChI is InChI=1S/C16H22FNO2/c1-2-3-12-6-8-18(9-7-12)11-16(20)14-10-13(17)4-5-15(14)19/h4-5,10,12,19H,2-3,6-9,11H2,1H3. The van der Waals surface area contributed by atoms with Gasteiger partial charge in [0.1, 0.15) is 11.6 Å². The van der Waals surface area contributed by atoms with E-state index >= 15 is 0 Å². The van der Waals surface area contributed by atoms with Crippen LogP contribution in [0.15, 0.2) is 18.2 Å². The number of ketones is 1. The predicted molar refractivity (Wildman–Crippen MR) is 76.5 cm³/mol. The lowest BCUT2D eigenvalue weighted by Gasteiger charge is -2.31. The molecule has 1 fully saturated rings. The summed E-state index contributed by atoms with van der Waals surface area (Å²) in [5.74, 6) is -0.0741. The Labute approximate surface area is 119 Å². The number of halogens is 1. The molecule has 3 nitrogen and oxygen atoms in total. The maximum Gasteiger partial charge on any atom is 0.180 e. The average Bonchev–Trinajstić information content (AvgIpc) is 2.44. The van der Waals surface area contributed by atoms with Gasteiger partial charge in [-0.25, -0.2) is 4.39 Å². The van der Waals surface area contributed by atoms with Crippen molar-refractivity contribution in [2.45, 2.75) is 32.6 Å². The number of likely N-dealkylation sites (tertiary alicyclic amines) is 1. The quantitative estimate of drug-likeness (QED) is 0.841. The number of benzene rings is 1. The molecular weight excluding hydrogens is 257 g/mol. The zero-order valence-corrected chi connectivity index (χ0v) is 11.9. The fraction of sp³-hybridized carbons (Fsp3) is 0.562. The number of aromatic hydroxyl groups is 1. The number of hydrogen-bond donors (Lipinski definition) is 1. The van der Waals surface area contributed by atoms with Crippen LogP contribution in [0, 0.1) is 11.7 Å². The number of piperidine rings is 1. The van der Waals surface area contributed by atoms with Gasteiger partial charge in [-0.3, -0.25) is 9.69 Å². The summed E-state index contributed by atoms with van der Waals surface area (Å²) in [5, 5.41) is 9.64. The number of phenolic OH excluding ortho intramolecular Hbond substituents is 1. The summed E-state index contributed by atoms with van der Waals surface area (Å²) in [6.07, 6.45) is 4.71. The topological polar surface area (TPSA) is 40.5 Å². The fourth-order valence-electron chi connectivity index (χ4n) is 2.86. The van der Waals surface area contributed by atoms with Crippen LogP contribution in [0.1, 0.15) is 43.0 Å². The van der Waals surface area contributed by atoms with Gasteiger partial charge in [0.2, 0.25) is 0 Å². The smallest absolute Gasteiger partial charge is 0.180 e. The van der Waals surface area contributed by atoms with E-state index in [-0.39, 0.29) is 23.6 Å². The number of hydrogen-bond acceptors (Lipinski definition) is 3. The first-order chi connectivity index (χ1) is 9.60. The van der Waals surface area contributed by atoms with Gasteiger partial charge in [-0.15, -0.1) is 0 Å². The Morgan fingerprint density at radius 2 is 2.10 bits per heavy atom. The summed E-state index contributed by atoms with van der Waals surface area (Å²) >= 11 is 0. The highest BCUT2D eigenvalue weighted by Crippen LogP contribution is 2.23. The highest BCUT2D eigenvalue weighted by molar-refractivity contribution is 6.00. The van der Waals surface area contributed by atoms with Crippen molar-refractivity contribution in [2.24, 2.45) is 5.92 Å². The van der Waals surface area contributed by atoms with E-state index in [9.17, 15) is 14.3 Å². The number of carbonyl (C=O) groups is 1. The first kappa shape index (κ1) is 15.0. The van der Waals surface area contributed by atoms with Crippen LogP contribution in [-0.4, -0.2) is 35.4 Å². The van der Waals surface area contributed by atoms with E-state index in [0.717, 1.165) is 44.0 Å². The van der Waals surface area contributed by atoms with Gasteiger partial charge in [0.15, 0.2) is 5.78 Å². The average molecular weight is 279 g/mol. The van der Waals surface area contributed by atoms with Gasteiger partial charge < -0.3 is 5.11 Å². The first-order valence-electron chi connectivity index (χ1n) is 7.34. The largest absolute Gasteiger partial charge is 0.507 e. The van der Waals surface area contributed by atoms with E-state index in [2.05, 4.69) is 11.8 Å². The Hall–Kier alpha value is -1.42. The molecule has 1 saturated heterocycles. The molecule has 1 aliphatic rings. The molecular formula is C16H22FNO2. The molecule has 0 aliphatic carbocycles. The molecule has 1 aromatic rings. The molecule has 1 aromatic carbocycles. The molecule has 1 aliphatic heterocycles. The molecule has 0 spiro atoms. The van der Waals surface area contributed by atoms with E-state index < -0.39 is 5.82 Å². The fourth-order valence-corrected chi connectivity index (χ4v) is 2.86. The van der Waals surface area contributed by atoms with Crippen LogP contribution in [0.5, 0.6) is 5.75 Å². The van der Waals surface area contributed by atoms with E-state index in [4.69, 9.17) is 0 Å². The second-order valence-corrected chi connectivity index (χ2v) is 5.59. The van der Waals surface area contributed by atoms with Crippen LogP contribution >= 0.6 is 0 Å². The zero-order valence-electron chi connectivity index (χ0n) is 11.9. The number of phenols is 1. The van der Waals surface area contributed by atoms with Crippen molar-refractivity contribution < 1.29 is 14.3 Å². The second-order valence-electron chi connectivity index (χ2n) is 5.59. The molecule has 0 unspecified atom stereocenters. The van der Waals surface area contributed by atoms with Gasteiger partial charge >= 0.3 is 0 Å². The second kappa shape index (κ2) is 6.84. The third kappa shape index (κ3) is 3.79. The number of Topliss-reactive ketones (excluding diaryl/α,β-unsaturated/α-hetero) is 1. The van der Waals surface area contributed by atoms with Gasteiger partial charge in [-0.05, 0) is 50.0 Å². The molecule has 110 valence electrons. The SMILES string of the molecule is CCCC1CCN(CC(=O)c2cc(F)ccc2O)CC1. The van der Waals surface area contributed by atoms with Crippen molar-refractivity contribution >= 4 is 5.78 Å². The first-order valence-corrected chi connectivity index (χ1v) is 7.34. The van der Waals surface area contributed by atoms with Crippen LogP contribution in [0.3, 0.4) is 0 Å². The summed E-state index contributed by atoms with van der Waals surface area (Å²) in [7, 11) is 0. The van der Waals surface area contributed by atoms with E-state index in [0.29, 0.717) is 0 Å². The van der Waals surface area contributed by atoms with E-state index in [1.165, 1.54) is 18.9 Å². The maximum atomic E-state index is 13.1.